The fourth-order valence-corrected chi connectivity index (χ4v) is 3.03. The molecule has 0 bridgehead atoms. The first-order valence-corrected chi connectivity index (χ1v) is 9.43. The van der Waals surface area contributed by atoms with Crippen LogP contribution in [0.4, 0.5) is 10.2 Å². The molecule has 0 saturated carbocycles. The van der Waals surface area contributed by atoms with E-state index in [1.54, 1.807) is 31.4 Å². The van der Waals surface area contributed by atoms with Crippen molar-refractivity contribution in [3.63, 3.8) is 0 Å². The standard InChI is InChI=1S/C22H22FN5O2/c1-30-14-15-4-6-16(7-5-15)22(29)26-12-2-3-20-19(13-24)21(25)28(27-20)18-10-8-17(23)9-11-18/h4-11H,2-3,12,14,25H2,1H3,(H,26,29). The molecule has 0 aliphatic heterocycles. The lowest BCUT2D eigenvalue weighted by atomic mass is 10.1. The van der Waals surface area contributed by atoms with Crippen molar-refractivity contribution in [1.29, 1.82) is 5.26 Å². The Morgan fingerprint density at radius 3 is 2.57 bits per heavy atom. The number of carbonyl (C=O) groups is 1. The van der Waals surface area contributed by atoms with Gasteiger partial charge in [-0.3, -0.25) is 4.79 Å². The Morgan fingerprint density at radius 2 is 1.93 bits per heavy atom. The zero-order valence-electron chi connectivity index (χ0n) is 16.6. The smallest absolute Gasteiger partial charge is 0.251 e. The first-order chi connectivity index (χ1) is 14.5. The van der Waals surface area contributed by atoms with Crippen LogP contribution in [0.5, 0.6) is 0 Å². The van der Waals surface area contributed by atoms with Crippen molar-refractivity contribution in [3.8, 4) is 11.8 Å². The lowest BCUT2D eigenvalue weighted by Crippen LogP contribution is -2.24. The Hall–Kier alpha value is -3.70. The molecule has 8 heteroatoms. The summed E-state index contributed by atoms with van der Waals surface area (Å²) in [6.45, 7) is 0.920. The van der Waals surface area contributed by atoms with Gasteiger partial charge in [-0.1, -0.05) is 12.1 Å². The van der Waals surface area contributed by atoms with Crippen molar-refractivity contribution in [2.75, 3.05) is 19.4 Å². The molecular formula is C22H22FN5O2. The number of benzene rings is 2. The summed E-state index contributed by atoms with van der Waals surface area (Å²) in [5.74, 6) is -0.329. The molecule has 2 aromatic carbocycles. The van der Waals surface area contributed by atoms with Gasteiger partial charge >= 0.3 is 0 Å². The van der Waals surface area contributed by atoms with E-state index in [2.05, 4.69) is 16.5 Å². The molecule has 0 spiro atoms. The van der Waals surface area contributed by atoms with E-state index < -0.39 is 0 Å². The van der Waals surface area contributed by atoms with E-state index in [-0.39, 0.29) is 17.5 Å². The van der Waals surface area contributed by atoms with Crippen molar-refractivity contribution in [1.82, 2.24) is 15.1 Å². The molecule has 3 aromatic rings. The van der Waals surface area contributed by atoms with Crippen LogP contribution in [0, 0.1) is 17.1 Å². The number of aryl methyl sites for hydroxylation is 1. The molecule has 0 radical (unpaired) electrons. The number of amides is 1. The van der Waals surface area contributed by atoms with E-state index in [1.807, 2.05) is 12.1 Å². The number of aromatic nitrogens is 2. The third-order valence-corrected chi connectivity index (χ3v) is 4.58. The van der Waals surface area contributed by atoms with Crippen molar-refractivity contribution >= 4 is 11.7 Å². The van der Waals surface area contributed by atoms with Crippen LogP contribution in [0.3, 0.4) is 0 Å². The Morgan fingerprint density at radius 1 is 1.23 bits per heavy atom. The van der Waals surface area contributed by atoms with Gasteiger partial charge < -0.3 is 15.8 Å². The molecule has 0 fully saturated rings. The maximum Gasteiger partial charge on any atom is 0.251 e. The molecule has 154 valence electrons. The largest absolute Gasteiger partial charge is 0.382 e. The maximum absolute atomic E-state index is 13.1. The summed E-state index contributed by atoms with van der Waals surface area (Å²) in [7, 11) is 1.62. The number of nitrogens with one attached hydrogen (secondary N) is 1. The summed E-state index contributed by atoms with van der Waals surface area (Å²) < 4.78 is 19.6. The van der Waals surface area contributed by atoms with Crippen molar-refractivity contribution in [2.24, 2.45) is 0 Å². The summed E-state index contributed by atoms with van der Waals surface area (Å²) in [6, 6.07) is 15.0. The quantitative estimate of drug-likeness (QED) is 0.559. The summed E-state index contributed by atoms with van der Waals surface area (Å²) in [6.07, 6.45) is 1.05. The Bertz CT molecular complexity index is 1050. The first-order valence-electron chi connectivity index (χ1n) is 9.43. The molecular weight excluding hydrogens is 385 g/mol. The zero-order chi connectivity index (χ0) is 21.5. The fraction of sp³-hybridized carbons (Fsp3) is 0.227. The normalized spacial score (nSPS) is 10.6. The molecule has 0 aliphatic carbocycles. The summed E-state index contributed by atoms with van der Waals surface area (Å²) in [5, 5.41) is 16.7. The number of nitrogen functional groups attached to an aromatic ring is 1. The highest BCUT2D eigenvalue weighted by atomic mass is 19.1. The second kappa shape index (κ2) is 9.67. The maximum atomic E-state index is 13.1. The van der Waals surface area contributed by atoms with Gasteiger partial charge in [-0.25, -0.2) is 9.07 Å². The second-order valence-corrected chi connectivity index (χ2v) is 6.70. The van der Waals surface area contributed by atoms with Crippen LogP contribution < -0.4 is 11.1 Å². The van der Waals surface area contributed by atoms with Crippen LogP contribution >= 0.6 is 0 Å². The molecule has 30 heavy (non-hydrogen) atoms. The number of methoxy groups -OCH3 is 1. The lowest BCUT2D eigenvalue weighted by molar-refractivity contribution is 0.0953. The topological polar surface area (TPSA) is 106 Å². The van der Waals surface area contributed by atoms with Crippen LogP contribution in [0.15, 0.2) is 48.5 Å². The van der Waals surface area contributed by atoms with Crippen molar-refractivity contribution in [3.05, 3.63) is 76.7 Å². The number of hydrogen-bond donors (Lipinski definition) is 2. The van der Waals surface area contributed by atoms with E-state index in [9.17, 15) is 14.4 Å². The monoisotopic (exact) mass is 407 g/mol. The molecule has 0 unspecified atom stereocenters. The van der Waals surface area contributed by atoms with Gasteiger partial charge in [-0.05, 0) is 54.8 Å². The Labute approximate surface area is 173 Å². The number of halogens is 1. The van der Waals surface area contributed by atoms with E-state index in [4.69, 9.17) is 10.5 Å². The predicted octanol–water partition coefficient (Wildman–Crippen LogP) is 2.97. The summed E-state index contributed by atoms with van der Waals surface area (Å²) >= 11 is 0. The number of rotatable bonds is 8. The van der Waals surface area contributed by atoms with Crippen LogP contribution in [-0.4, -0.2) is 29.3 Å². The highest BCUT2D eigenvalue weighted by Gasteiger charge is 2.16. The van der Waals surface area contributed by atoms with E-state index in [0.29, 0.717) is 48.5 Å². The minimum atomic E-state index is -0.366. The van der Waals surface area contributed by atoms with E-state index >= 15 is 0 Å². The minimum absolute atomic E-state index is 0.171. The SMILES string of the molecule is COCc1ccc(C(=O)NCCCc2nn(-c3ccc(F)cc3)c(N)c2C#N)cc1. The average Bonchev–Trinajstić information content (AvgIpc) is 3.07. The Kier molecular flexibility index (Phi) is 6.78. The Balaban J connectivity index is 1.59. The molecule has 7 nitrogen and oxygen atoms in total. The molecule has 1 aromatic heterocycles. The number of hydrogen-bond acceptors (Lipinski definition) is 5. The minimum Gasteiger partial charge on any atom is -0.382 e. The van der Waals surface area contributed by atoms with Gasteiger partial charge in [-0.2, -0.15) is 10.4 Å². The fourth-order valence-electron chi connectivity index (χ4n) is 3.03. The lowest BCUT2D eigenvalue weighted by Gasteiger charge is -2.06. The number of anilines is 1. The van der Waals surface area contributed by atoms with E-state index in [1.165, 1.54) is 16.8 Å². The highest BCUT2D eigenvalue weighted by molar-refractivity contribution is 5.94. The van der Waals surface area contributed by atoms with Crippen LogP contribution in [0.2, 0.25) is 0 Å². The number of nitrogens with two attached hydrogens (primary N) is 1. The van der Waals surface area contributed by atoms with Gasteiger partial charge in [0.2, 0.25) is 0 Å². The summed E-state index contributed by atoms with van der Waals surface area (Å²) in [4.78, 5) is 12.3. The third kappa shape index (κ3) is 4.82. The molecule has 1 heterocycles. The molecule has 1 amide bonds. The van der Waals surface area contributed by atoms with Gasteiger partial charge in [0.25, 0.3) is 5.91 Å². The van der Waals surface area contributed by atoms with Crippen molar-refractivity contribution in [2.45, 2.75) is 19.4 Å². The molecule has 3 N–H and O–H groups in total. The zero-order valence-corrected chi connectivity index (χ0v) is 16.6. The van der Waals surface area contributed by atoms with Gasteiger partial charge in [0.15, 0.2) is 0 Å². The third-order valence-electron chi connectivity index (χ3n) is 4.58. The van der Waals surface area contributed by atoms with Gasteiger partial charge in [0, 0.05) is 19.2 Å². The van der Waals surface area contributed by atoms with Crippen LogP contribution in [0.1, 0.15) is 33.6 Å². The average molecular weight is 407 g/mol. The van der Waals surface area contributed by atoms with E-state index in [0.717, 1.165) is 5.56 Å². The number of nitriles is 1. The van der Waals surface area contributed by atoms with Gasteiger partial charge in [0.1, 0.15) is 23.3 Å². The second-order valence-electron chi connectivity index (χ2n) is 6.70. The van der Waals surface area contributed by atoms with Crippen LogP contribution in [-0.2, 0) is 17.8 Å². The molecule has 3 rings (SSSR count). The summed E-state index contributed by atoms with van der Waals surface area (Å²) in [5.41, 5.74) is 9.01. The number of nitrogens with zero attached hydrogens (tertiary/aromatic N) is 3. The van der Waals surface area contributed by atoms with Crippen molar-refractivity contribution < 1.29 is 13.9 Å². The van der Waals surface area contributed by atoms with Gasteiger partial charge in [0.05, 0.1) is 18.0 Å². The van der Waals surface area contributed by atoms with Gasteiger partial charge in [-0.15, -0.1) is 0 Å². The molecule has 0 atom stereocenters. The number of ether oxygens (including phenoxy) is 1. The molecule has 0 aliphatic rings. The molecule has 0 saturated heterocycles. The predicted molar refractivity (Wildman–Crippen MR) is 110 cm³/mol. The van der Waals surface area contributed by atoms with Crippen LogP contribution in [0.25, 0.3) is 5.69 Å². The number of carbonyl (C=O) groups excluding carboxylic acids is 1. The highest BCUT2D eigenvalue weighted by Crippen LogP contribution is 2.21. The first kappa shape index (κ1) is 21.0.